The second-order valence-corrected chi connectivity index (χ2v) is 6.80. The summed E-state index contributed by atoms with van der Waals surface area (Å²) in [6.45, 7) is 7.06. The number of allylic oxidation sites excluding steroid dienone is 2. The van der Waals surface area contributed by atoms with Gasteiger partial charge < -0.3 is 9.64 Å². The van der Waals surface area contributed by atoms with Gasteiger partial charge in [0.05, 0.1) is 5.69 Å². The van der Waals surface area contributed by atoms with Gasteiger partial charge in [0.25, 0.3) is 0 Å². The molecule has 120 valence electrons. The van der Waals surface area contributed by atoms with Gasteiger partial charge in [-0.25, -0.2) is 0 Å². The van der Waals surface area contributed by atoms with Crippen molar-refractivity contribution >= 4 is 17.3 Å². The minimum absolute atomic E-state index is 0.0113. The molecule has 0 aliphatic carbocycles. The highest BCUT2D eigenvalue weighted by molar-refractivity contribution is 6.31. The summed E-state index contributed by atoms with van der Waals surface area (Å²) in [4.78, 5) is 2.23. The molecular weight excluding hydrogens is 306 g/mol. The van der Waals surface area contributed by atoms with Gasteiger partial charge in [0.1, 0.15) is 12.4 Å². The van der Waals surface area contributed by atoms with Crippen LogP contribution in [0.5, 0.6) is 5.75 Å². The summed E-state index contributed by atoms with van der Waals surface area (Å²) in [5.41, 5.74) is 4.73. The number of para-hydroxylation sites is 1. The average molecular weight is 328 g/mol. The zero-order valence-electron chi connectivity index (χ0n) is 14.1. The van der Waals surface area contributed by atoms with E-state index < -0.39 is 0 Å². The van der Waals surface area contributed by atoms with E-state index in [1.807, 2.05) is 30.3 Å². The Bertz CT molecular complexity index is 764. The zero-order chi connectivity index (χ0) is 16.6. The lowest BCUT2D eigenvalue weighted by atomic mass is 9.84. The van der Waals surface area contributed by atoms with E-state index in [-0.39, 0.29) is 5.41 Å². The van der Waals surface area contributed by atoms with E-state index in [9.17, 15) is 0 Å². The molecule has 0 amide bonds. The number of rotatable bonds is 3. The molecule has 0 saturated carbocycles. The Morgan fingerprint density at radius 3 is 2.57 bits per heavy atom. The molecule has 0 spiro atoms. The SMILES string of the molecule is CC=C1N(C)c2c(OCc3ccccc3Cl)cccc2C1(C)C. The fourth-order valence-corrected chi connectivity index (χ4v) is 3.68. The molecule has 1 aliphatic rings. The predicted octanol–water partition coefficient (Wildman–Crippen LogP) is 5.55. The van der Waals surface area contributed by atoms with Crippen LogP contribution in [-0.2, 0) is 12.0 Å². The molecule has 0 atom stereocenters. The number of hydrogen-bond donors (Lipinski definition) is 0. The third-order valence-corrected chi connectivity index (χ3v) is 4.99. The summed E-state index contributed by atoms with van der Waals surface area (Å²) in [7, 11) is 2.10. The van der Waals surface area contributed by atoms with E-state index in [0.29, 0.717) is 6.61 Å². The first-order valence-corrected chi connectivity index (χ1v) is 8.25. The topological polar surface area (TPSA) is 12.5 Å². The highest BCUT2D eigenvalue weighted by atomic mass is 35.5. The molecule has 0 bridgehead atoms. The molecule has 3 heteroatoms. The fourth-order valence-electron chi connectivity index (χ4n) is 3.49. The quantitative estimate of drug-likeness (QED) is 0.732. The highest BCUT2D eigenvalue weighted by Gasteiger charge is 2.39. The van der Waals surface area contributed by atoms with Crippen LogP contribution in [0.2, 0.25) is 5.02 Å². The van der Waals surface area contributed by atoms with E-state index in [2.05, 4.69) is 50.9 Å². The van der Waals surface area contributed by atoms with Crippen molar-refractivity contribution in [2.45, 2.75) is 32.8 Å². The van der Waals surface area contributed by atoms with Crippen molar-refractivity contribution in [2.24, 2.45) is 0 Å². The van der Waals surface area contributed by atoms with E-state index in [4.69, 9.17) is 16.3 Å². The van der Waals surface area contributed by atoms with Gasteiger partial charge in [0, 0.05) is 28.7 Å². The van der Waals surface area contributed by atoms with Crippen LogP contribution >= 0.6 is 11.6 Å². The number of anilines is 1. The number of nitrogens with zero attached hydrogens (tertiary/aromatic N) is 1. The molecule has 0 fully saturated rings. The molecule has 23 heavy (non-hydrogen) atoms. The van der Waals surface area contributed by atoms with E-state index in [1.54, 1.807) is 0 Å². The van der Waals surface area contributed by atoms with Crippen molar-refractivity contribution < 1.29 is 4.74 Å². The maximum atomic E-state index is 6.23. The first-order valence-electron chi connectivity index (χ1n) is 7.87. The molecule has 0 N–H and O–H groups in total. The molecule has 0 radical (unpaired) electrons. The summed E-state index contributed by atoms with van der Waals surface area (Å²) in [6, 6.07) is 14.1. The van der Waals surface area contributed by atoms with Gasteiger partial charge in [-0.05, 0) is 24.6 Å². The maximum absolute atomic E-state index is 6.23. The van der Waals surface area contributed by atoms with Crippen LogP contribution in [0.4, 0.5) is 5.69 Å². The summed E-state index contributed by atoms with van der Waals surface area (Å²) >= 11 is 6.23. The van der Waals surface area contributed by atoms with E-state index >= 15 is 0 Å². The molecule has 2 aromatic rings. The van der Waals surface area contributed by atoms with Gasteiger partial charge in [0.15, 0.2) is 0 Å². The van der Waals surface area contributed by atoms with Crippen LogP contribution in [0, 0.1) is 0 Å². The lowest BCUT2D eigenvalue weighted by Gasteiger charge is -2.23. The van der Waals surface area contributed by atoms with Crippen LogP contribution in [0.1, 0.15) is 31.9 Å². The minimum atomic E-state index is -0.0113. The van der Waals surface area contributed by atoms with Crippen molar-refractivity contribution in [3.05, 3.63) is 70.4 Å². The van der Waals surface area contributed by atoms with Gasteiger partial charge in [-0.1, -0.05) is 61.9 Å². The van der Waals surface area contributed by atoms with Gasteiger partial charge in [-0.15, -0.1) is 0 Å². The molecule has 2 nitrogen and oxygen atoms in total. The molecule has 1 heterocycles. The van der Waals surface area contributed by atoms with Gasteiger partial charge in [-0.2, -0.15) is 0 Å². The first kappa shape index (κ1) is 15.9. The summed E-state index contributed by atoms with van der Waals surface area (Å²) < 4.78 is 6.12. The standard InChI is InChI=1S/C20H22ClNO/c1-5-18-20(2,3)15-10-8-12-17(19(15)22(18)4)23-13-14-9-6-7-11-16(14)21/h5-12H,13H2,1-4H3. The first-order chi connectivity index (χ1) is 11.0. The highest BCUT2D eigenvalue weighted by Crippen LogP contribution is 2.50. The largest absolute Gasteiger partial charge is 0.487 e. The Hall–Kier alpha value is -1.93. The number of hydrogen-bond acceptors (Lipinski definition) is 2. The van der Waals surface area contributed by atoms with Crippen LogP contribution in [-0.4, -0.2) is 7.05 Å². The van der Waals surface area contributed by atoms with Gasteiger partial charge in [-0.3, -0.25) is 0 Å². The van der Waals surface area contributed by atoms with Gasteiger partial charge >= 0.3 is 0 Å². The second-order valence-electron chi connectivity index (χ2n) is 6.39. The lowest BCUT2D eigenvalue weighted by Crippen LogP contribution is -2.22. The normalized spacial score (nSPS) is 17.4. The third kappa shape index (κ3) is 2.61. The number of likely N-dealkylation sites (N-methyl/N-ethyl adjacent to an activating group) is 1. The summed E-state index contributed by atoms with van der Waals surface area (Å²) in [6.07, 6.45) is 2.18. The van der Waals surface area contributed by atoms with Crippen LogP contribution < -0.4 is 9.64 Å². The Morgan fingerprint density at radius 2 is 1.87 bits per heavy atom. The Morgan fingerprint density at radius 1 is 1.13 bits per heavy atom. The molecular formula is C20H22ClNO. The minimum Gasteiger partial charge on any atom is -0.487 e. The van der Waals surface area contributed by atoms with Crippen LogP contribution in [0.15, 0.2) is 54.2 Å². The molecule has 1 aliphatic heterocycles. The number of halogens is 1. The second kappa shape index (κ2) is 5.93. The third-order valence-electron chi connectivity index (χ3n) is 4.62. The van der Waals surface area contributed by atoms with Crippen molar-refractivity contribution in [1.82, 2.24) is 0 Å². The van der Waals surface area contributed by atoms with E-state index in [0.717, 1.165) is 22.0 Å². The Kier molecular flexibility index (Phi) is 4.11. The molecule has 2 aromatic carbocycles. The van der Waals surface area contributed by atoms with Crippen molar-refractivity contribution in [2.75, 3.05) is 11.9 Å². The predicted molar refractivity (Wildman–Crippen MR) is 97.4 cm³/mol. The summed E-state index contributed by atoms with van der Waals surface area (Å²) in [5, 5.41) is 0.739. The number of benzene rings is 2. The Labute approximate surface area is 143 Å². The lowest BCUT2D eigenvalue weighted by molar-refractivity contribution is 0.307. The Balaban J connectivity index is 1.95. The molecule has 3 rings (SSSR count). The van der Waals surface area contributed by atoms with Crippen molar-refractivity contribution in [1.29, 1.82) is 0 Å². The monoisotopic (exact) mass is 327 g/mol. The number of fused-ring (bicyclic) bond motifs is 1. The van der Waals surface area contributed by atoms with Crippen molar-refractivity contribution in [3.63, 3.8) is 0 Å². The van der Waals surface area contributed by atoms with Crippen LogP contribution in [0.3, 0.4) is 0 Å². The summed E-state index contributed by atoms with van der Waals surface area (Å²) in [5.74, 6) is 0.898. The maximum Gasteiger partial charge on any atom is 0.143 e. The average Bonchev–Trinajstić information content (AvgIpc) is 2.73. The fraction of sp³-hybridized carbons (Fsp3) is 0.300. The van der Waals surface area contributed by atoms with Crippen molar-refractivity contribution in [3.8, 4) is 5.75 Å². The zero-order valence-corrected chi connectivity index (χ0v) is 14.8. The van der Waals surface area contributed by atoms with Crippen LogP contribution in [0.25, 0.3) is 0 Å². The number of ether oxygens (including phenoxy) is 1. The molecule has 0 aromatic heterocycles. The van der Waals surface area contributed by atoms with Gasteiger partial charge in [0.2, 0.25) is 0 Å². The van der Waals surface area contributed by atoms with E-state index in [1.165, 1.54) is 11.3 Å². The molecule has 0 saturated heterocycles. The molecule has 0 unspecified atom stereocenters. The smallest absolute Gasteiger partial charge is 0.143 e.